The van der Waals surface area contributed by atoms with Gasteiger partial charge in [0.15, 0.2) is 0 Å². The van der Waals surface area contributed by atoms with Crippen LogP contribution in [0.25, 0.3) is 0 Å². The Hall–Kier alpha value is -1.36. The highest BCUT2D eigenvalue weighted by Crippen LogP contribution is 2.25. The molecule has 2 rings (SSSR count). The zero-order valence-electron chi connectivity index (χ0n) is 10.6. The van der Waals surface area contributed by atoms with Crippen molar-refractivity contribution in [2.24, 2.45) is 5.92 Å². The van der Waals surface area contributed by atoms with Crippen LogP contribution in [0.5, 0.6) is 0 Å². The lowest BCUT2D eigenvalue weighted by molar-refractivity contribution is -0.402. The third kappa shape index (κ3) is 3.84. The molecule has 0 bridgehead atoms. The minimum atomic E-state index is -0.508. The molecule has 0 radical (unpaired) electrons. The number of nitro groups is 1. The van der Waals surface area contributed by atoms with Gasteiger partial charge in [0.25, 0.3) is 0 Å². The molecular formula is C13H20N2O3. The van der Waals surface area contributed by atoms with Crippen LogP contribution in [0.1, 0.15) is 44.3 Å². The van der Waals surface area contributed by atoms with Crippen molar-refractivity contribution < 1.29 is 9.34 Å². The molecule has 5 heteroatoms. The largest absolute Gasteiger partial charge is 0.433 e. The average molecular weight is 252 g/mol. The summed E-state index contributed by atoms with van der Waals surface area (Å²) in [5.41, 5.74) is 0. The highest BCUT2D eigenvalue weighted by Gasteiger charge is 2.13. The molecule has 0 saturated heterocycles. The lowest BCUT2D eigenvalue weighted by atomic mass is 9.87. The van der Waals surface area contributed by atoms with E-state index in [0.29, 0.717) is 12.3 Å². The maximum absolute atomic E-state index is 10.4. The number of hydrogen-bond acceptors (Lipinski definition) is 4. The van der Waals surface area contributed by atoms with Crippen LogP contribution >= 0.6 is 0 Å². The van der Waals surface area contributed by atoms with Crippen LogP contribution in [0.2, 0.25) is 0 Å². The van der Waals surface area contributed by atoms with Crippen LogP contribution in [0.15, 0.2) is 16.5 Å². The van der Waals surface area contributed by atoms with Gasteiger partial charge in [-0.15, -0.1) is 0 Å². The Morgan fingerprint density at radius 3 is 2.78 bits per heavy atom. The van der Waals surface area contributed by atoms with Gasteiger partial charge >= 0.3 is 5.88 Å². The van der Waals surface area contributed by atoms with Crippen LogP contribution in [0.4, 0.5) is 5.88 Å². The first kappa shape index (κ1) is 13.1. The topological polar surface area (TPSA) is 68.3 Å². The highest BCUT2D eigenvalue weighted by molar-refractivity contribution is 5.17. The van der Waals surface area contributed by atoms with Crippen LogP contribution in [-0.4, -0.2) is 11.5 Å². The molecule has 5 nitrogen and oxygen atoms in total. The Morgan fingerprint density at radius 1 is 1.33 bits per heavy atom. The molecule has 1 heterocycles. The molecule has 0 aromatic carbocycles. The normalized spacial score (nSPS) is 16.9. The first-order valence-corrected chi connectivity index (χ1v) is 6.69. The fraction of sp³-hybridized carbons (Fsp3) is 0.692. The summed E-state index contributed by atoms with van der Waals surface area (Å²) in [6.45, 7) is 1.53. The molecule has 0 spiro atoms. The molecule has 100 valence electrons. The Kier molecular flexibility index (Phi) is 4.75. The van der Waals surface area contributed by atoms with E-state index in [9.17, 15) is 10.1 Å². The Morgan fingerprint density at radius 2 is 2.11 bits per heavy atom. The third-order valence-corrected chi connectivity index (χ3v) is 3.58. The lowest BCUT2D eigenvalue weighted by Gasteiger charge is -2.21. The zero-order valence-corrected chi connectivity index (χ0v) is 10.6. The van der Waals surface area contributed by atoms with Crippen molar-refractivity contribution in [2.45, 2.75) is 45.1 Å². The van der Waals surface area contributed by atoms with Crippen LogP contribution in [0, 0.1) is 16.0 Å². The molecule has 1 N–H and O–H groups in total. The van der Waals surface area contributed by atoms with Crippen LogP contribution < -0.4 is 5.32 Å². The second kappa shape index (κ2) is 6.54. The van der Waals surface area contributed by atoms with Gasteiger partial charge in [0.05, 0.1) is 12.6 Å². The number of hydrogen-bond donors (Lipinski definition) is 1. The van der Waals surface area contributed by atoms with E-state index < -0.39 is 4.92 Å². The van der Waals surface area contributed by atoms with E-state index in [2.05, 4.69) is 5.32 Å². The molecule has 1 aliphatic rings. The van der Waals surface area contributed by atoms with Gasteiger partial charge in [0.1, 0.15) is 10.7 Å². The van der Waals surface area contributed by atoms with E-state index in [0.717, 1.165) is 12.5 Å². The predicted molar refractivity (Wildman–Crippen MR) is 68.3 cm³/mol. The second-order valence-corrected chi connectivity index (χ2v) is 4.97. The molecule has 1 fully saturated rings. The first-order chi connectivity index (χ1) is 8.75. The summed E-state index contributed by atoms with van der Waals surface area (Å²) < 4.78 is 5.08. The smallest absolute Gasteiger partial charge is 0.404 e. The van der Waals surface area contributed by atoms with Gasteiger partial charge in [0.2, 0.25) is 0 Å². The quantitative estimate of drug-likeness (QED) is 0.479. The van der Waals surface area contributed by atoms with E-state index in [1.807, 2.05) is 0 Å². The van der Waals surface area contributed by atoms with E-state index in [1.54, 1.807) is 6.07 Å². The third-order valence-electron chi connectivity index (χ3n) is 3.58. The van der Waals surface area contributed by atoms with Crippen molar-refractivity contribution in [3.63, 3.8) is 0 Å². The van der Waals surface area contributed by atoms with Crippen LogP contribution in [0.3, 0.4) is 0 Å². The van der Waals surface area contributed by atoms with Gasteiger partial charge in [-0.3, -0.25) is 10.1 Å². The van der Waals surface area contributed by atoms with Gasteiger partial charge in [-0.05, 0) is 24.9 Å². The number of furan rings is 1. The maximum Gasteiger partial charge on any atom is 0.433 e. The molecule has 0 aliphatic heterocycles. The minimum Gasteiger partial charge on any atom is -0.404 e. The molecule has 0 amide bonds. The second-order valence-electron chi connectivity index (χ2n) is 4.97. The van der Waals surface area contributed by atoms with Gasteiger partial charge in [0, 0.05) is 0 Å². The fourth-order valence-electron chi connectivity index (χ4n) is 2.55. The predicted octanol–water partition coefficient (Wildman–Crippen LogP) is 3.25. The average Bonchev–Trinajstić information content (AvgIpc) is 2.85. The summed E-state index contributed by atoms with van der Waals surface area (Å²) in [6.07, 6.45) is 8.04. The molecule has 1 saturated carbocycles. The highest BCUT2D eigenvalue weighted by atomic mass is 16.6. The van der Waals surface area contributed by atoms with Crippen molar-refractivity contribution in [3.8, 4) is 0 Å². The molecule has 18 heavy (non-hydrogen) atoms. The number of rotatable bonds is 6. The summed E-state index contributed by atoms with van der Waals surface area (Å²) in [7, 11) is 0. The summed E-state index contributed by atoms with van der Waals surface area (Å²) >= 11 is 0. The van der Waals surface area contributed by atoms with E-state index in [4.69, 9.17) is 4.42 Å². The molecule has 1 aromatic heterocycles. The molecule has 0 unspecified atom stereocenters. The SMILES string of the molecule is O=[N+]([O-])c1ccc(CNCCC2CCCCC2)o1. The first-order valence-electron chi connectivity index (χ1n) is 6.69. The standard InChI is InChI=1S/C13H20N2O3/c16-15(17)13-7-6-12(18-13)10-14-9-8-11-4-2-1-3-5-11/h6-7,11,14H,1-5,8-10H2. The van der Waals surface area contributed by atoms with Crippen molar-refractivity contribution in [1.82, 2.24) is 5.32 Å². The summed E-state index contributed by atoms with van der Waals surface area (Å²) in [6, 6.07) is 3.06. The minimum absolute atomic E-state index is 0.181. The molecular weight excluding hydrogens is 232 g/mol. The summed E-state index contributed by atoms with van der Waals surface area (Å²) in [4.78, 5) is 9.93. The maximum atomic E-state index is 10.4. The van der Waals surface area contributed by atoms with Crippen molar-refractivity contribution >= 4 is 5.88 Å². The Balaban J connectivity index is 1.63. The van der Waals surface area contributed by atoms with Crippen molar-refractivity contribution in [3.05, 3.63) is 28.0 Å². The van der Waals surface area contributed by atoms with Crippen molar-refractivity contribution in [1.29, 1.82) is 0 Å². The van der Waals surface area contributed by atoms with Gasteiger partial charge in [-0.25, -0.2) is 0 Å². The Labute approximate surface area is 107 Å². The van der Waals surface area contributed by atoms with Crippen LogP contribution in [-0.2, 0) is 6.54 Å². The number of nitrogens with one attached hydrogen (secondary N) is 1. The lowest BCUT2D eigenvalue weighted by Crippen LogP contribution is -2.18. The number of nitrogens with zero attached hydrogens (tertiary/aromatic N) is 1. The van der Waals surface area contributed by atoms with Gasteiger partial charge in [-0.1, -0.05) is 32.1 Å². The summed E-state index contributed by atoms with van der Waals surface area (Å²) in [5, 5.41) is 13.7. The molecule has 0 atom stereocenters. The monoisotopic (exact) mass is 252 g/mol. The zero-order chi connectivity index (χ0) is 12.8. The van der Waals surface area contributed by atoms with E-state index in [1.165, 1.54) is 44.6 Å². The molecule has 1 aromatic rings. The van der Waals surface area contributed by atoms with Crippen molar-refractivity contribution in [2.75, 3.05) is 6.54 Å². The summed E-state index contributed by atoms with van der Waals surface area (Å²) in [5.74, 6) is 1.31. The van der Waals surface area contributed by atoms with Gasteiger partial charge in [-0.2, -0.15) is 0 Å². The van der Waals surface area contributed by atoms with E-state index in [-0.39, 0.29) is 5.88 Å². The fourth-order valence-corrected chi connectivity index (χ4v) is 2.55. The van der Waals surface area contributed by atoms with E-state index >= 15 is 0 Å². The molecule has 1 aliphatic carbocycles. The van der Waals surface area contributed by atoms with Gasteiger partial charge < -0.3 is 9.73 Å². The Bertz CT molecular complexity index is 383.